The van der Waals surface area contributed by atoms with Crippen molar-refractivity contribution in [1.29, 1.82) is 0 Å². The molecule has 0 radical (unpaired) electrons. The number of fused-ring (bicyclic) bond motifs is 1. The molecule has 138 valence electrons. The van der Waals surface area contributed by atoms with E-state index in [1.807, 2.05) is 18.2 Å². The third kappa shape index (κ3) is 4.40. The Balaban J connectivity index is 1.53. The van der Waals surface area contributed by atoms with Gasteiger partial charge < -0.3 is 24.1 Å². The van der Waals surface area contributed by atoms with Gasteiger partial charge >= 0.3 is 5.97 Å². The Hall–Kier alpha value is -2.41. The normalized spacial score (nSPS) is 12.5. The molecule has 1 aliphatic rings. The van der Waals surface area contributed by atoms with Crippen LogP contribution in [0.2, 0.25) is 0 Å². The number of rotatable bonds is 6. The Kier molecular flexibility index (Phi) is 5.88. The highest BCUT2D eigenvalue weighted by molar-refractivity contribution is 9.10. The molecule has 7 heteroatoms. The summed E-state index contributed by atoms with van der Waals surface area (Å²) in [5, 5.41) is 9.77. The molecule has 1 N–H and O–H groups in total. The van der Waals surface area contributed by atoms with Crippen LogP contribution in [0.15, 0.2) is 34.8 Å². The average molecular weight is 423 g/mol. The quantitative estimate of drug-likeness (QED) is 0.716. The average Bonchev–Trinajstić information content (AvgIpc) is 2.64. The predicted octanol–water partition coefficient (Wildman–Crippen LogP) is 3.61. The van der Waals surface area contributed by atoms with E-state index in [4.69, 9.17) is 18.9 Å². The fourth-order valence-electron chi connectivity index (χ4n) is 2.58. The minimum atomic E-state index is -0.318. The van der Waals surface area contributed by atoms with Crippen molar-refractivity contribution in [2.75, 3.05) is 20.3 Å². The van der Waals surface area contributed by atoms with Crippen molar-refractivity contribution in [2.45, 2.75) is 19.4 Å². The smallest absolute Gasteiger partial charge is 0.306 e. The molecule has 0 bridgehead atoms. The van der Waals surface area contributed by atoms with Crippen molar-refractivity contribution in [2.24, 2.45) is 0 Å². The second-order valence-corrected chi connectivity index (χ2v) is 6.61. The molecule has 0 unspecified atom stereocenters. The van der Waals surface area contributed by atoms with Gasteiger partial charge in [-0.2, -0.15) is 0 Å². The second-order valence-electron chi connectivity index (χ2n) is 5.75. The first-order valence-corrected chi connectivity index (χ1v) is 8.95. The molecule has 0 aromatic heterocycles. The van der Waals surface area contributed by atoms with Gasteiger partial charge in [-0.3, -0.25) is 4.79 Å². The molecule has 0 atom stereocenters. The number of ether oxygens (including phenoxy) is 4. The van der Waals surface area contributed by atoms with Crippen molar-refractivity contribution in [3.8, 4) is 23.0 Å². The lowest BCUT2D eigenvalue weighted by Gasteiger charge is -2.19. The number of phenols is 1. The van der Waals surface area contributed by atoms with Crippen LogP contribution in [0.1, 0.15) is 17.5 Å². The van der Waals surface area contributed by atoms with Gasteiger partial charge in [0.15, 0.2) is 23.0 Å². The Labute approximate surface area is 159 Å². The van der Waals surface area contributed by atoms with Gasteiger partial charge in [-0.1, -0.05) is 22.0 Å². The highest BCUT2D eigenvalue weighted by atomic mass is 79.9. The largest absolute Gasteiger partial charge is 0.504 e. The zero-order chi connectivity index (χ0) is 18.5. The van der Waals surface area contributed by atoms with Gasteiger partial charge in [-0.25, -0.2) is 0 Å². The van der Waals surface area contributed by atoms with E-state index >= 15 is 0 Å². The maximum absolute atomic E-state index is 12.0. The summed E-state index contributed by atoms with van der Waals surface area (Å²) in [6, 6.07) is 8.69. The minimum absolute atomic E-state index is 0.0542. The van der Waals surface area contributed by atoms with Crippen LogP contribution in [-0.2, 0) is 22.6 Å². The third-order valence-corrected chi connectivity index (χ3v) is 4.70. The number of benzene rings is 2. The van der Waals surface area contributed by atoms with Crippen LogP contribution in [0.5, 0.6) is 23.0 Å². The first-order valence-electron chi connectivity index (χ1n) is 8.16. The Morgan fingerprint density at radius 2 is 1.92 bits per heavy atom. The molecule has 2 aromatic rings. The van der Waals surface area contributed by atoms with E-state index in [1.165, 1.54) is 7.11 Å². The van der Waals surface area contributed by atoms with Crippen molar-refractivity contribution in [3.05, 3.63) is 45.9 Å². The summed E-state index contributed by atoms with van der Waals surface area (Å²) in [6.45, 7) is 1.17. The number of aryl methyl sites for hydroxylation is 1. The van der Waals surface area contributed by atoms with Gasteiger partial charge in [-0.05, 0) is 36.2 Å². The van der Waals surface area contributed by atoms with E-state index in [0.717, 1.165) is 15.6 Å². The summed E-state index contributed by atoms with van der Waals surface area (Å²) in [5.74, 6) is 1.47. The number of carbonyl (C=O) groups is 1. The highest BCUT2D eigenvalue weighted by Crippen LogP contribution is 2.35. The second kappa shape index (κ2) is 8.31. The van der Waals surface area contributed by atoms with Gasteiger partial charge in [0.25, 0.3) is 0 Å². The highest BCUT2D eigenvalue weighted by Gasteiger charge is 2.16. The number of hydrogen-bond acceptors (Lipinski definition) is 6. The molecule has 2 aromatic carbocycles. The maximum atomic E-state index is 12.0. The lowest BCUT2D eigenvalue weighted by Crippen LogP contribution is -2.15. The number of methoxy groups -OCH3 is 1. The molecular formula is C19H19BrO6. The first kappa shape index (κ1) is 18.4. The van der Waals surface area contributed by atoms with Crippen molar-refractivity contribution in [1.82, 2.24) is 0 Å². The first-order chi connectivity index (χ1) is 12.6. The molecule has 3 rings (SSSR count). The number of hydrogen-bond donors (Lipinski definition) is 1. The number of phenolic OH excluding ortho intramolecular Hbond substituents is 1. The number of carbonyl (C=O) groups excluding carboxylic acids is 1. The van der Waals surface area contributed by atoms with Crippen molar-refractivity contribution >= 4 is 21.9 Å². The molecule has 0 aliphatic carbocycles. The van der Waals surface area contributed by atoms with Gasteiger partial charge in [-0.15, -0.1) is 0 Å². The summed E-state index contributed by atoms with van der Waals surface area (Å²) < 4.78 is 22.2. The molecule has 0 fully saturated rings. The third-order valence-electron chi connectivity index (χ3n) is 3.96. The monoisotopic (exact) mass is 422 g/mol. The summed E-state index contributed by atoms with van der Waals surface area (Å²) in [4.78, 5) is 12.0. The molecule has 0 spiro atoms. The van der Waals surface area contributed by atoms with Gasteiger partial charge in [0.2, 0.25) is 0 Å². The number of halogens is 1. The van der Waals surface area contributed by atoms with E-state index in [2.05, 4.69) is 15.9 Å². The zero-order valence-electron chi connectivity index (χ0n) is 14.3. The van der Waals surface area contributed by atoms with E-state index in [0.29, 0.717) is 36.9 Å². The molecular weight excluding hydrogens is 404 g/mol. The molecule has 0 saturated carbocycles. The van der Waals surface area contributed by atoms with E-state index in [9.17, 15) is 9.90 Å². The van der Waals surface area contributed by atoms with Crippen LogP contribution in [0.4, 0.5) is 0 Å². The maximum Gasteiger partial charge on any atom is 0.306 e. The van der Waals surface area contributed by atoms with E-state index in [-0.39, 0.29) is 24.7 Å². The predicted molar refractivity (Wildman–Crippen MR) is 97.9 cm³/mol. The summed E-state index contributed by atoms with van der Waals surface area (Å²) in [5.41, 5.74) is 1.64. The fraction of sp³-hybridized carbons (Fsp3) is 0.316. The van der Waals surface area contributed by atoms with Crippen LogP contribution in [0.3, 0.4) is 0 Å². The Morgan fingerprint density at radius 3 is 2.62 bits per heavy atom. The molecule has 0 amide bonds. The van der Waals surface area contributed by atoms with Crippen LogP contribution in [0.25, 0.3) is 0 Å². The summed E-state index contributed by atoms with van der Waals surface area (Å²) in [7, 11) is 1.49. The van der Waals surface area contributed by atoms with Gasteiger partial charge in [0, 0.05) is 16.5 Å². The molecule has 6 nitrogen and oxygen atoms in total. The lowest BCUT2D eigenvalue weighted by molar-refractivity contribution is -0.144. The topological polar surface area (TPSA) is 74.2 Å². The molecule has 1 heterocycles. The van der Waals surface area contributed by atoms with E-state index < -0.39 is 0 Å². The van der Waals surface area contributed by atoms with Crippen LogP contribution < -0.4 is 14.2 Å². The lowest BCUT2D eigenvalue weighted by atomic mass is 10.1. The SMILES string of the molecule is COc1ccc(CCC(=O)OCc2cc3c(cc2Br)OCCO3)cc1O. The van der Waals surface area contributed by atoms with Crippen molar-refractivity contribution in [3.63, 3.8) is 0 Å². The molecule has 0 saturated heterocycles. The summed E-state index contributed by atoms with van der Waals surface area (Å²) in [6.07, 6.45) is 0.687. The standard InChI is InChI=1S/C19H19BrO6/c1-23-16-4-2-12(8-15(16)21)3-5-19(22)26-11-13-9-17-18(10-14(13)20)25-7-6-24-17/h2,4,8-10,21H,3,5-7,11H2,1H3. The van der Waals surface area contributed by atoms with Crippen LogP contribution in [0, 0.1) is 0 Å². The summed E-state index contributed by atoms with van der Waals surface area (Å²) >= 11 is 3.46. The Bertz CT molecular complexity index is 805. The van der Waals surface area contributed by atoms with Crippen LogP contribution >= 0.6 is 15.9 Å². The van der Waals surface area contributed by atoms with E-state index in [1.54, 1.807) is 12.1 Å². The minimum Gasteiger partial charge on any atom is -0.504 e. The Morgan fingerprint density at radius 1 is 1.19 bits per heavy atom. The number of aromatic hydroxyl groups is 1. The van der Waals surface area contributed by atoms with Gasteiger partial charge in [0.05, 0.1) is 7.11 Å². The van der Waals surface area contributed by atoms with Crippen LogP contribution in [-0.4, -0.2) is 31.4 Å². The van der Waals surface area contributed by atoms with Gasteiger partial charge in [0.1, 0.15) is 19.8 Å². The van der Waals surface area contributed by atoms with Crippen molar-refractivity contribution < 1.29 is 28.8 Å². The molecule has 1 aliphatic heterocycles. The fourth-order valence-corrected chi connectivity index (χ4v) is 3.02. The zero-order valence-corrected chi connectivity index (χ0v) is 15.9. The number of esters is 1. The molecule has 26 heavy (non-hydrogen) atoms.